The molecule has 0 bridgehead atoms. The average molecular weight is 502 g/mol. The van der Waals surface area contributed by atoms with Crippen LogP contribution in [0.1, 0.15) is 0 Å². The van der Waals surface area contributed by atoms with Crippen LogP contribution < -0.4 is 51.4 Å². The van der Waals surface area contributed by atoms with Crippen molar-refractivity contribution < 1.29 is 47.2 Å². The number of hydrogen-bond donors (Lipinski definition) is 0. The van der Waals surface area contributed by atoms with Crippen LogP contribution in [0.2, 0.25) is 0 Å². The van der Waals surface area contributed by atoms with Crippen LogP contribution in [0.3, 0.4) is 0 Å². The van der Waals surface area contributed by atoms with Crippen molar-refractivity contribution in [2.24, 2.45) is 0 Å². The van der Waals surface area contributed by atoms with Crippen LogP contribution in [0.5, 0.6) is 0 Å². The molecule has 0 atom stereocenters. The second kappa shape index (κ2) is 8.85. The number of benzene rings is 4. The molecule has 0 saturated heterocycles. The molecule has 4 nitrogen and oxygen atoms in total. The second-order valence-corrected chi connectivity index (χ2v) is 9.61. The van der Waals surface area contributed by atoms with Gasteiger partial charge in [-0.2, -0.15) is 0 Å². The average Bonchev–Trinajstić information content (AvgIpc) is 3.75. The molecular weight excluding hydrogens is 482 g/mol. The summed E-state index contributed by atoms with van der Waals surface area (Å²) in [6.45, 7) is 0. The first-order chi connectivity index (χ1) is 18.4. The summed E-state index contributed by atoms with van der Waals surface area (Å²) in [5.74, 6) is 0. The van der Waals surface area contributed by atoms with Crippen LogP contribution in [-0.2, 0) is 0 Å². The molecule has 0 amide bonds. The van der Waals surface area contributed by atoms with Crippen LogP contribution >= 0.6 is 0 Å². The Labute approximate surface area is 240 Å². The Bertz CT molecular complexity index is 1770. The van der Waals surface area contributed by atoms with Gasteiger partial charge < -0.3 is 17.7 Å². The molecule has 0 aliphatic rings. The normalized spacial score (nSPS) is 12.0. The summed E-state index contributed by atoms with van der Waals surface area (Å²) in [4.78, 5) is 0. The Morgan fingerprint density at radius 3 is 0.842 bits per heavy atom. The molecule has 0 unspecified atom stereocenters. The first-order valence-corrected chi connectivity index (χ1v) is 12.4. The molecular formula is C32H20BNaO4. The van der Waals surface area contributed by atoms with Gasteiger partial charge in [0.1, 0.15) is 28.5 Å². The number of fused-ring (bicyclic) bond motifs is 4. The minimum Gasteiger partial charge on any atom is -0.468 e. The minimum absolute atomic E-state index is 0. The Kier molecular flexibility index (Phi) is 5.41. The van der Waals surface area contributed by atoms with Gasteiger partial charge in [-0.25, -0.2) is 0 Å². The fraction of sp³-hybridized carbons (Fsp3) is 0. The zero-order valence-corrected chi connectivity index (χ0v) is 22.8. The number of furan rings is 4. The van der Waals surface area contributed by atoms with Crippen LogP contribution in [0, 0.1) is 0 Å². The molecule has 38 heavy (non-hydrogen) atoms. The quantitative estimate of drug-likeness (QED) is 0.348. The van der Waals surface area contributed by atoms with Gasteiger partial charge in [0.15, 0.2) is 0 Å². The molecule has 4 heterocycles. The van der Waals surface area contributed by atoms with E-state index >= 15 is 0 Å². The van der Waals surface area contributed by atoms with E-state index in [-0.39, 0.29) is 29.6 Å². The number of hydrogen-bond acceptors (Lipinski definition) is 4. The van der Waals surface area contributed by atoms with E-state index in [9.17, 15) is 0 Å². The third-order valence-corrected chi connectivity index (χ3v) is 7.91. The maximum absolute atomic E-state index is 6.21. The minimum atomic E-state index is -1.88. The van der Waals surface area contributed by atoms with Gasteiger partial charge in [0.25, 0.3) is 0 Å². The fourth-order valence-corrected chi connectivity index (χ4v) is 6.34. The molecule has 8 aromatic rings. The van der Waals surface area contributed by atoms with Crippen molar-refractivity contribution >= 4 is 71.9 Å². The summed E-state index contributed by atoms with van der Waals surface area (Å²) in [6.07, 6.45) is 5.72. The van der Waals surface area contributed by atoms with Gasteiger partial charge in [-0.05, 0) is 45.8 Å². The van der Waals surface area contributed by atoms with E-state index < -0.39 is 6.15 Å². The molecule has 4 aromatic heterocycles. The molecule has 4 aromatic carbocycles. The maximum Gasteiger partial charge on any atom is 1.00 e. The summed E-state index contributed by atoms with van der Waals surface area (Å²) in [6, 6.07) is 32.7. The zero-order valence-electron chi connectivity index (χ0n) is 20.8. The Morgan fingerprint density at radius 1 is 0.342 bits per heavy atom. The second-order valence-electron chi connectivity index (χ2n) is 9.61. The number of rotatable bonds is 4. The molecule has 0 spiro atoms. The van der Waals surface area contributed by atoms with Gasteiger partial charge in [-0.15, -0.1) is 21.9 Å². The van der Waals surface area contributed by atoms with E-state index in [0.29, 0.717) is 0 Å². The standard InChI is InChI=1S/C32H20BO4.Na/c1-5-13-29-21(9-1)25(17-34-29)33(26-18-35-30-14-6-2-10-22(26)30,27-19-36-31-15-7-3-11-23(27)31)28-20-37-32-16-8-4-12-24(28)32;/h1-20H;/q-1;+1. The van der Waals surface area contributed by atoms with Crippen LogP contribution in [0.4, 0.5) is 0 Å². The first-order valence-electron chi connectivity index (χ1n) is 12.4. The molecule has 176 valence electrons. The van der Waals surface area contributed by atoms with E-state index in [1.165, 1.54) is 0 Å². The van der Waals surface area contributed by atoms with Gasteiger partial charge in [-0.3, -0.25) is 0 Å². The SMILES string of the molecule is [Na+].c1ccc2c([B-](c3coc4ccccc34)(c3coc4ccccc34)c3coc4ccccc34)coc2c1. The predicted molar refractivity (Wildman–Crippen MR) is 149 cm³/mol. The van der Waals surface area contributed by atoms with Gasteiger partial charge in [0.2, 0.25) is 0 Å². The van der Waals surface area contributed by atoms with Gasteiger partial charge in [0, 0.05) is 0 Å². The van der Waals surface area contributed by atoms with Crippen molar-refractivity contribution in [3.63, 3.8) is 0 Å². The molecule has 0 aliphatic carbocycles. The first kappa shape index (κ1) is 23.2. The molecule has 6 heteroatoms. The van der Waals surface area contributed by atoms with E-state index in [2.05, 4.69) is 48.5 Å². The van der Waals surface area contributed by atoms with E-state index in [1.807, 2.05) is 73.6 Å². The molecule has 0 fully saturated rings. The van der Waals surface area contributed by atoms with Gasteiger partial charge >= 0.3 is 29.6 Å². The molecule has 0 N–H and O–H groups in total. The van der Waals surface area contributed by atoms with Crippen molar-refractivity contribution in [2.75, 3.05) is 0 Å². The van der Waals surface area contributed by atoms with Crippen molar-refractivity contribution in [3.05, 3.63) is 122 Å². The fourth-order valence-electron chi connectivity index (χ4n) is 6.34. The summed E-state index contributed by atoms with van der Waals surface area (Å²) >= 11 is 0. The predicted octanol–water partition coefficient (Wildman–Crippen LogP) is 3.05. The van der Waals surface area contributed by atoms with Crippen LogP contribution in [0.25, 0.3) is 43.9 Å². The summed E-state index contributed by atoms with van der Waals surface area (Å²) in [5.41, 5.74) is 7.55. The van der Waals surface area contributed by atoms with Crippen molar-refractivity contribution in [1.82, 2.24) is 0 Å². The Morgan fingerprint density at radius 2 is 0.579 bits per heavy atom. The van der Waals surface area contributed by atoms with Crippen molar-refractivity contribution in [1.29, 1.82) is 0 Å². The smallest absolute Gasteiger partial charge is 0.468 e. The summed E-state index contributed by atoms with van der Waals surface area (Å²) in [7, 11) is 0. The van der Waals surface area contributed by atoms with Gasteiger partial charge in [0.05, 0.1) is 25.1 Å². The Balaban J connectivity index is 0.00000242. The van der Waals surface area contributed by atoms with Crippen molar-refractivity contribution in [3.8, 4) is 0 Å². The molecule has 8 rings (SSSR count). The maximum atomic E-state index is 6.21. The topological polar surface area (TPSA) is 52.6 Å². The third kappa shape index (κ3) is 3.10. The summed E-state index contributed by atoms with van der Waals surface area (Å²) < 4.78 is 24.8. The zero-order chi connectivity index (χ0) is 24.4. The van der Waals surface area contributed by atoms with Crippen molar-refractivity contribution in [2.45, 2.75) is 0 Å². The Hall–Kier alpha value is -3.90. The molecule has 0 radical (unpaired) electrons. The summed E-state index contributed by atoms with van der Waals surface area (Å²) in [5, 5.41) is 4.18. The molecule has 0 aliphatic heterocycles. The van der Waals surface area contributed by atoms with Crippen LogP contribution in [0.15, 0.2) is 140 Å². The van der Waals surface area contributed by atoms with E-state index in [1.54, 1.807) is 0 Å². The largest absolute Gasteiger partial charge is 1.00 e. The number of para-hydroxylation sites is 4. The van der Waals surface area contributed by atoms with E-state index in [4.69, 9.17) is 17.7 Å². The van der Waals surface area contributed by atoms with Crippen LogP contribution in [-0.4, -0.2) is 6.15 Å². The van der Waals surface area contributed by atoms with Gasteiger partial charge in [-0.1, -0.05) is 72.8 Å². The monoisotopic (exact) mass is 502 g/mol. The third-order valence-electron chi connectivity index (χ3n) is 7.91. The van der Waals surface area contributed by atoms with E-state index in [0.717, 1.165) is 65.7 Å². The molecule has 0 saturated carbocycles.